The van der Waals surface area contributed by atoms with Crippen molar-refractivity contribution in [1.82, 2.24) is 14.6 Å². The van der Waals surface area contributed by atoms with Crippen molar-refractivity contribution in [3.63, 3.8) is 0 Å². The van der Waals surface area contributed by atoms with Gasteiger partial charge in [-0.2, -0.15) is 0 Å². The molecule has 0 aliphatic rings. The molecule has 0 bridgehead atoms. The van der Waals surface area contributed by atoms with Crippen molar-refractivity contribution in [3.05, 3.63) is 60.2 Å². The first-order valence-corrected chi connectivity index (χ1v) is 10.7. The van der Waals surface area contributed by atoms with Crippen LogP contribution in [-0.2, 0) is 4.79 Å². The molecular weight excluding hydrogens is 376 g/mol. The number of thioether (sulfide) groups is 2. The van der Waals surface area contributed by atoms with E-state index in [0.29, 0.717) is 5.16 Å². The molecule has 0 atom stereocenters. The van der Waals surface area contributed by atoms with E-state index in [0.717, 1.165) is 27.8 Å². The van der Waals surface area contributed by atoms with Crippen molar-refractivity contribution in [2.45, 2.75) is 17.0 Å². The second kappa shape index (κ2) is 7.62. The number of pyridine rings is 1. The van der Waals surface area contributed by atoms with E-state index in [-0.39, 0.29) is 11.7 Å². The van der Waals surface area contributed by atoms with Gasteiger partial charge in [0.25, 0.3) is 0 Å². The summed E-state index contributed by atoms with van der Waals surface area (Å²) in [5.41, 5.74) is 3.80. The summed E-state index contributed by atoms with van der Waals surface area (Å²) < 4.78 is 2.01. The number of hydrogen-bond donors (Lipinski definition) is 1. The predicted octanol–water partition coefficient (Wildman–Crippen LogP) is 4.64. The Morgan fingerprint density at radius 2 is 1.89 bits per heavy atom. The third-order valence-corrected chi connectivity index (χ3v) is 5.95. The summed E-state index contributed by atoms with van der Waals surface area (Å²) in [4.78, 5) is 13.5. The average molecular weight is 395 g/mol. The van der Waals surface area contributed by atoms with Crippen molar-refractivity contribution < 1.29 is 4.79 Å². The van der Waals surface area contributed by atoms with Crippen LogP contribution in [0.25, 0.3) is 16.6 Å². The predicted molar refractivity (Wildman–Crippen MR) is 113 cm³/mol. The van der Waals surface area contributed by atoms with Crippen LogP contribution in [0.15, 0.2) is 64.6 Å². The number of aryl methyl sites for hydroxylation is 1. The smallest absolute Gasteiger partial charge is 0.234 e. The Morgan fingerprint density at radius 3 is 2.67 bits per heavy atom. The molecule has 0 spiro atoms. The number of para-hydroxylation sites is 1. The van der Waals surface area contributed by atoms with Gasteiger partial charge >= 0.3 is 0 Å². The Hall–Kier alpha value is -2.51. The van der Waals surface area contributed by atoms with Gasteiger partial charge in [0.15, 0.2) is 10.8 Å². The van der Waals surface area contributed by atoms with Gasteiger partial charge in [-0.3, -0.25) is 9.20 Å². The van der Waals surface area contributed by atoms with Gasteiger partial charge in [-0.15, -0.1) is 22.0 Å². The van der Waals surface area contributed by atoms with Gasteiger partial charge in [0.05, 0.1) is 11.3 Å². The van der Waals surface area contributed by atoms with Gasteiger partial charge in [-0.1, -0.05) is 30.0 Å². The molecule has 0 fully saturated rings. The largest absolute Gasteiger partial charge is 0.325 e. The van der Waals surface area contributed by atoms with E-state index >= 15 is 0 Å². The molecule has 4 aromatic rings. The first kappa shape index (κ1) is 17.9. The van der Waals surface area contributed by atoms with E-state index in [1.165, 1.54) is 16.7 Å². The first-order valence-electron chi connectivity index (χ1n) is 8.46. The maximum atomic E-state index is 12.3. The molecule has 136 valence electrons. The van der Waals surface area contributed by atoms with Crippen molar-refractivity contribution in [2.24, 2.45) is 0 Å². The summed E-state index contributed by atoms with van der Waals surface area (Å²) in [6.45, 7) is 2.07. The Morgan fingerprint density at radius 1 is 1.11 bits per heavy atom. The van der Waals surface area contributed by atoms with Gasteiger partial charge in [-0.25, -0.2) is 0 Å². The molecule has 2 aromatic heterocycles. The van der Waals surface area contributed by atoms with E-state index in [9.17, 15) is 4.79 Å². The molecule has 0 aliphatic heterocycles. The van der Waals surface area contributed by atoms with Crippen molar-refractivity contribution in [2.75, 3.05) is 17.3 Å². The summed E-state index contributed by atoms with van der Waals surface area (Å²) >= 11 is 3.06. The molecule has 1 amide bonds. The molecule has 27 heavy (non-hydrogen) atoms. The number of nitrogens with zero attached hydrogens (tertiary/aromatic N) is 3. The second-order valence-corrected chi connectivity index (χ2v) is 7.91. The quantitative estimate of drug-likeness (QED) is 0.500. The maximum Gasteiger partial charge on any atom is 0.234 e. The van der Waals surface area contributed by atoms with Crippen LogP contribution >= 0.6 is 23.5 Å². The molecule has 0 saturated carbocycles. The van der Waals surface area contributed by atoms with Crippen LogP contribution in [0.5, 0.6) is 0 Å². The lowest BCUT2D eigenvalue weighted by Gasteiger charge is -2.08. The highest BCUT2D eigenvalue weighted by Crippen LogP contribution is 2.26. The van der Waals surface area contributed by atoms with E-state index in [2.05, 4.69) is 34.6 Å². The number of aromatic nitrogens is 3. The van der Waals surface area contributed by atoms with Crippen LogP contribution in [0.3, 0.4) is 0 Å². The van der Waals surface area contributed by atoms with Crippen LogP contribution in [0, 0.1) is 6.92 Å². The minimum atomic E-state index is -0.0648. The van der Waals surface area contributed by atoms with Gasteiger partial charge in [0, 0.05) is 16.0 Å². The molecule has 4 rings (SSSR count). The third-order valence-electron chi connectivity index (χ3n) is 4.28. The molecule has 1 N–H and O–H groups in total. The summed E-state index contributed by atoms with van der Waals surface area (Å²) in [6.07, 6.45) is 2.03. The number of hydrogen-bond acceptors (Lipinski definition) is 5. The van der Waals surface area contributed by atoms with Gasteiger partial charge < -0.3 is 5.32 Å². The fraction of sp³-hybridized carbons (Fsp3) is 0.150. The molecule has 7 heteroatoms. The van der Waals surface area contributed by atoms with E-state index in [4.69, 9.17) is 0 Å². The average Bonchev–Trinajstić information content (AvgIpc) is 3.10. The Balaban J connectivity index is 1.53. The van der Waals surface area contributed by atoms with Crippen molar-refractivity contribution in [1.29, 1.82) is 0 Å². The fourth-order valence-corrected chi connectivity index (χ4v) is 4.13. The number of carbonyl (C=O) groups is 1. The number of amides is 1. The van der Waals surface area contributed by atoms with Crippen molar-refractivity contribution in [3.8, 4) is 0 Å². The molecule has 0 saturated heterocycles. The lowest BCUT2D eigenvalue weighted by Crippen LogP contribution is -2.14. The second-order valence-electron chi connectivity index (χ2n) is 6.09. The maximum absolute atomic E-state index is 12.3. The number of benzene rings is 2. The topological polar surface area (TPSA) is 59.3 Å². The van der Waals surface area contributed by atoms with Crippen LogP contribution in [0.4, 0.5) is 5.69 Å². The zero-order chi connectivity index (χ0) is 18.8. The van der Waals surface area contributed by atoms with Crippen LogP contribution < -0.4 is 5.32 Å². The fourth-order valence-electron chi connectivity index (χ4n) is 2.97. The molecule has 0 unspecified atom stereocenters. The highest BCUT2D eigenvalue weighted by molar-refractivity contribution is 7.99. The zero-order valence-corrected chi connectivity index (χ0v) is 16.6. The van der Waals surface area contributed by atoms with Gasteiger partial charge in [-0.05, 0) is 55.1 Å². The minimum Gasteiger partial charge on any atom is -0.325 e. The first-order chi connectivity index (χ1) is 13.2. The summed E-state index contributed by atoms with van der Waals surface area (Å²) in [5, 5.41) is 13.3. The summed E-state index contributed by atoms with van der Waals surface area (Å²) in [5.74, 6) is 0.206. The van der Waals surface area contributed by atoms with E-state index in [1.807, 2.05) is 53.1 Å². The van der Waals surface area contributed by atoms with Crippen LogP contribution in [0.1, 0.15) is 5.56 Å². The standard InChI is InChI=1S/C20H18N4OS2/c1-13-11-18-22-23-20(24(18)17-6-4-3-5-16(13)17)27-12-19(25)21-14-7-9-15(26-2)10-8-14/h3-11H,12H2,1-2H3,(H,21,25). The van der Waals surface area contributed by atoms with E-state index in [1.54, 1.807) is 11.8 Å². The number of rotatable bonds is 5. The number of fused-ring (bicyclic) bond motifs is 3. The van der Waals surface area contributed by atoms with E-state index < -0.39 is 0 Å². The molecule has 0 aliphatic carbocycles. The summed E-state index contributed by atoms with van der Waals surface area (Å²) in [6, 6.07) is 18.0. The molecule has 2 heterocycles. The Bertz CT molecular complexity index is 1120. The Labute approximate surface area is 165 Å². The van der Waals surface area contributed by atoms with Gasteiger partial charge in [0.1, 0.15) is 0 Å². The SMILES string of the molecule is CSc1ccc(NC(=O)CSc2nnc3cc(C)c4ccccc4n23)cc1. The Kier molecular flexibility index (Phi) is 5.05. The molecule has 0 radical (unpaired) electrons. The molecule has 2 aromatic carbocycles. The third kappa shape index (κ3) is 3.65. The molecular formula is C20H18N4OS2. The molecule has 5 nitrogen and oxygen atoms in total. The monoisotopic (exact) mass is 394 g/mol. The summed E-state index contributed by atoms with van der Waals surface area (Å²) in [7, 11) is 0. The lowest BCUT2D eigenvalue weighted by atomic mass is 10.1. The highest BCUT2D eigenvalue weighted by Gasteiger charge is 2.13. The minimum absolute atomic E-state index is 0.0648. The highest BCUT2D eigenvalue weighted by atomic mass is 32.2. The van der Waals surface area contributed by atoms with Crippen LogP contribution in [-0.4, -0.2) is 32.5 Å². The van der Waals surface area contributed by atoms with Gasteiger partial charge in [0.2, 0.25) is 5.91 Å². The lowest BCUT2D eigenvalue weighted by molar-refractivity contribution is -0.113. The number of anilines is 1. The zero-order valence-electron chi connectivity index (χ0n) is 15.0. The number of carbonyl (C=O) groups excluding carboxylic acids is 1. The number of nitrogens with one attached hydrogen (secondary N) is 1. The normalized spacial score (nSPS) is 11.2. The van der Waals surface area contributed by atoms with Crippen molar-refractivity contribution >= 4 is 51.7 Å². The van der Waals surface area contributed by atoms with Crippen LogP contribution in [0.2, 0.25) is 0 Å².